The number of hydrogen-bond acceptors (Lipinski definition) is 1. The molecule has 0 heterocycles. The maximum atomic E-state index is 13.9. The van der Waals surface area contributed by atoms with E-state index < -0.39 is 5.82 Å². The third-order valence-corrected chi connectivity index (χ3v) is 4.05. The van der Waals surface area contributed by atoms with Crippen molar-refractivity contribution in [3.63, 3.8) is 0 Å². The van der Waals surface area contributed by atoms with Gasteiger partial charge in [-0.1, -0.05) is 35.4 Å². The van der Waals surface area contributed by atoms with E-state index in [4.69, 9.17) is 11.6 Å². The molecule has 116 valence electrons. The third kappa shape index (κ3) is 3.30. The van der Waals surface area contributed by atoms with Crippen molar-refractivity contribution in [3.05, 3.63) is 69.0 Å². The Morgan fingerprint density at radius 3 is 2.32 bits per heavy atom. The number of rotatable bonds is 3. The van der Waals surface area contributed by atoms with Gasteiger partial charge < -0.3 is 4.90 Å². The first kappa shape index (κ1) is 16.5. The molecule has 0 aromatic heterocycles. The van der Waals surface area contributed by atoms with E-state index in [1.807, 2.05) is 32.9 Å². The molecule has 4 heteroatoms. The summed E-state index contributed by atoms with van der Waals surface area (Å²) in [6.45, 7) is 5.96. The lowest BCUT2D eigenvalue weighted by Gasteiger charge is -2.21. The minimum Gasteiger partial charge on any atom is -0.337 e. The average molecular weight is 320 g/mol. The SMILES string of the molecule is Cc1cc(C)c(C(=O)N(C)Cc2c(F)cccc2Cl)c(C)c1. The second-order valence-electron chi connectivity index (χ2n) is 5.64. The van der Waals surface area contributed by atoms with Crippen LogP contribution < -0.4 is 0 Å². The minimum atomic E-state index is -0.399. The molecular weight excluding hydrogens is 301 g/mol. The molecule has 0 fully saturated rings. The first-order valence-electron chi connectivity index (χ1n) is 7.07. The lowest BCUT2D eigenvalue weighted by Crippen LogP contribution is -2.28. The van der Waals surface area contributed by atoms with Crippen LogP contribution in [-0.2, 0) is 6.54 Å². The summed E-state index contributed by atoms with van der Waals surface area (Å²) >= 11 is 6.03. The van der Waals surface area contributed by atoms with Gasteiger partial charge in [0.2, 0.25) is 0 Å². The first-order valence-corrected chi connectivity index (χ1v) is 7.45. The van der Waals surface area contributed by atoms with Crippen molar-refractivity contribution >= 4 is 17.5 Å². The van der Waals surface area contributed by atoms with E-state index in [0.29, 0.717) is 16.1 Å². The molecule has 1 amide bonds. The molecule has 0 unspecified atom stereocenters. The molecule has 0 radical (unpaired) electrons. The zero-order valence-corrected chi connectivity index (χ0v) is 14.0. The van der Waals surface area contributed by atoms with Crippen LogP contribution in [-0.4, -0.2) is 17.9 Å². The van der Waals surface area contributed by atoms with Crippen molar-refractivity contribution in [1.29, 1.82) is 0 Å². The van der Waals surface area contributed by atoms with E-state index in [0.717, 1.165) is 16.7 Å². The molecule has 2 rings (SSSR count). The predicted molar refractivity (Wildman–Crippen MR) is 87.9 cm³/mol. The Labute approximate surface area is 135 Å². The average Bonchev–Trinajstić information content (AvgIpc) is 2.41. The fourth-order valence-corrected chi connectivity index (χ4v) is 2.92. The zero-order chi connectivity index (χ0) is 16.4. The highest BCUT2D eigenvalue weighted by atomic mass is 35.5. The quantitative estimate of drug-likeness (QED) is 0.804. The van der Waals surface area contributed by atoms with Gasteiger partial charge in [-0.05, 0) is 44.0 Å². The molecule has 0 aliphatic carbocycles. The fourth-order valence-electron chi connectivity index (χ4n) is 2.70. The standard InChI is InChI=1S/C18H19ClFNO/c1-11-8-12(2)17(13(3)9-11)18(22)21(4)10-14-15(19)6-5-7-16(14)20/h5-9H,10H2,1-4H3. The van der Waals surface area contributed by atoms with Gasteiger partial charge in [-0.15, -0.1) is 0 Å². The predicted octanol–water partition coefficient (Wildman–Crippen LogP) is 4.68. The normalized spacial score (nSPS) is 10.6. The van der Waals surface area contributed by atoms with E-state index in [1.165, 1.54) is 11.0 Å². The second kappa shape index (κ2) is 6.49. The van der Waals surface area contributed by atoms with E-state index in [1.54, 1.807) is 19.2 Å². The molecule has 0 saturated heterocycles. The maximum absolute atomic E-state index is 13.9. The van der Waals surface area contributed by atoms with E-state index in [-0.39, 0.29) is 12.5 Å². The molecule has 0 bridgehead atoms. The molecule has 0 atom stereocenters. The first-order chi connectivity index (χ1) is 10.3. The monoisotopic (exact) mass is 319 g/mol. The minimum absolute atomic E-state index is 0.130. The molecule has 2 aromatic rings. The smallest absolute Gasteiger partial charge is 0.254 e. The van der Waals surface area contributed by atoms with Gasteiger partial charge >= 0.3 is 0 Å². The van der Waals surface area contributed by atoms with Crippen LogP contribution in [0.15, 0.2) is 30.3 Å². The Bertz CT molecular complexity index is 684. The fraction of sp³-hybridized carbons (Fsp3) is 0.278. The molecule has 0 spiro atoms. The highest BCUT2D eigenvalue weighted by Crippen LogP contribution is 2.23. The van der Waals surface area contributed by atoms with Crippen LogP contribution in [0.4, 0.5) is 4.39 Å². The summed E-state index contributed by atoms with van der Waals surface area (Å²) in [6.07, 6.45) is 0. The van der Waals surface area contributed by atoms with Crippen LogP contribution in [0, 0.1) is 26.6 Å². The molecule has 22 heavy (non-hydrogen) atoms. The Morgan fingerprint density at radius 2 is 1.77 bits per heavy atom. The van der Waals surface area contributed by atoms with Crippen molar-refractivity contribution in [2.75, 3.05) is 7.05 Å². The lowest BCUT2D eigenvalue weighted by molar-refractivity contribution is 0.0782. The molecular formula is C18H19ClFNO. The summed E-state index contributed by atoms with van der Waals surface area (Å²) in [6, 6.07) is 8.48. The summed E-state index contributed by atoms with van der Waals surface area (Å²) < 4.78 is 13.9. The summed E-state index contributed by atoms with van der Waals surface area (Å²) in [5, 5.41) is 0.331. The molecule has 2 nitrogen and oxygen atoms in total. The van der Waals surface area contributed by atoms with Crippen molar-refractivity contribution in [1.82, 2.24) is 4.90 Å². The van der Waals surface area contributed by atoms with Crippen molar-refractivity contribution in [2.45, 2.75) is 27.3 Å². The Kier molecular flexibility index (Phi) is 4.87. The molecule has 0 aliphatic rings. The van der Waals surface area contributed by atoms with Gasteiger partial charge in [0.25, 0.3) is 5.91 Å². The van der Waals surface area contributed by atoms with Crippen molar-refractivity contribution < 1.29 is 9.18 Å². The third-order valence-electron chi connectivity index (χ3n) is 3.69. The highest BCUT2D eigenvalue weighted by Gasteiger charge is 2.19. The van der Waals surface area contributed by atoms with E-state index in [9.17, 15) is 9.18 Å². The number of nitrogens with zero attached hydrogens (tertiary/aromatic N) is 1. The van der Waals surface area contributed by atoms with E-state index >= 15 is 0 Å². The van der Waals surface area contributed by atoms with Crippen LogP contribution in [0.25, 0.3) is 0 Å². The Balaban J connectivity index is 2.31. The largest absolute Gasteiger partial charge is 0.337 e. The number of carbonyl (C=O) groups excluding carboxylic acids is 1. The van der Waals surface area contributed by atoms with Crippen LogP contribution in [0.3, 0.4) is 0 Å². The van der Waals surface area contributed by atoms with E-state index in [2.05, 4.69) is 0 Å². The lowest BCUT2D eigenvalue weighted by atomic mass is 9.98. The molecule has 0 N–H and O–H groups in total. The van der Waals surface area contributed by atoms with Gasteiger partial charge in [-0.25, -0.2) is 4.39 Å². The Hall–Kier alpha value is -1.87. The molecule has 0 aliphatic heterocycles. The summed E-state index contributed by atoms with van der Waals surface area (Å²) in [4.78, 5) is 14.2. The molecule has 2 aromatic carbocycles. The van der Waals surface area contributed by atoms with Gasteiger partial charge in [0.05, 0.1) is 0 Å². The number of halogens is 2. The van der Waals surface area contributed by atoms with Gasteiger partial charge in [-0.2, -0.15) is 0 Å². The van der Waals surface area contributed by atoms with Gasteiger partial charge in [-0.3, -0.25) is 4.79 Å². The summed E-state index contributed by atoms with van der Waals surface area (Å²) in [7, 11) is 1.66. The van der Waals surface area contributed by atoms with Gasteiger partial charge in [0, 0.05) is 29.7 Å². The number of hydrogen-bond donors (Lipinski definition) is 0. The summed E-state index contributed by atoms with van der Waals surface area (Å²) in [5.74, 6) is -0.529. The number of amides is 1. The zero-order valence-electron chi connectivity index (χ0n) is 13.2. The number of carbonyl (C=O) groups is 1. The second-order valence-corrected chi connectivity index (χ2v) is 6.04. The Morgan fingerprint density at radius 1 is 1.18 bits per heavy atom. The van der Waals surface area contributed by atoms with Crippen LogP contribution in [0.1, 0.15) is 32.6 Å². The molecule has 0 saturated carbocycles. The van der Waals surface area contributed by atoms with Crippen molar-refractivity contribution in [2.24, 2.45) is 0 Å². The number of aryl methyl sites for hydroxylation is 3. The van der Waals surface area contributed by atoms with Crippen molar-refractivity contribution in [3.8, 4) is 0 Å². The topological polar surface area (TPSA) is 20.3 Å². The van der Waals surface area contributed by atoms with Crippen LogP contribution >= 0.6 is 11.6 Å². The van der Waals surface area contributed by atoms with Gasteiger partial charge in [0.15, 0.2) is 0 Å². The van der Waals surface area contributed by atoms with Crippen LogP contribution in [0.2, 0.25) is 5.02 Å². The number of benzene rings is 2. The summed E-state index contributed by atoms with van der Waals surface area (Å²) in [5.41, 5.74) is 3.97. The van der Waals surface area contributed by atoms with Crippen LogP contribution in [0.5, 0.6) is 0 Å². The maximum Gasteiger partial charge on any atom is 0.254 e. The highest BCUT2D eigenvalue weighted by molar-refractivity contribution is 6.31. The van der Waals surface area contributed by atoms with Gasteiger partial charge in [0.1, 0.15) is 5.82 Å².